The number of nitrogens with one attached hydrogen (secondary N) is 1. The van der Waals surface area contributed by atoms with Crippen LogP contribution in [0.1, 0.15) is 29.5 Å². The van der Waals surface area contributed by atoms with Crippen molar-refractivity contribution in [3.8, 4) is 11.4 Å². The van der Waals surface area contributed by atoms with Gasteiger partial charge in [-0.15, -0.1) is 0 Å². The van der Waals surface area contributed by atoms with Gasteiger partial charge in [-0.3, -0.25) is 9.78 Å². The number of aryl methyl sites for hydroxylation is 3. The molecular formula is C20H25N5O2. The number of nitroso groups, excluding NO2 is 1. The Bertz CT molecular complexity index is 844. The average molecular weight is 367 g/mol. The molecule has 7 heteroatoms. The zero-order valence-corrected chi connectivity index (χ0v) is 16.0. The van der Waals surface area contributed by atoms with Crippen molar-refractivity contribution in [3.05, 3.63) is 46.0 Å². The molecule has 0 aromatic carbocycles. The molecule has 0 atom stereocenters. The maximum absolute atomic E-state index is 11.5. The van der Waals surface area contributed by atoms with Crippen molar-refractivity contribution in [2.45, 2.75) is 39.7 Å². The summed E-state index contributed by atoms with van der Waals surface area (Å²) in [6, 6.07) is 6.33. The minimum absolute atomic E-state index is 0.0847. The summed E-state index contributed by atoms with van der Waals surface area (Å²) in [6.07, 6.45) is 3.51. The monoisotopic (exact) mass is 367 g/mol. The molecule has 1 fully saturated rings. The van der Waals surface area contributed by atoms with E-state index in [1.54, 1.807) is 0 Å². The van der Waals surface area contributed by atoms with Gasteiger partial charge in [-0.1, -0.05) is 17.3 Å². The standard InChI is InChI=1S/C20H25N5O2/c1-13-10-15(3)19(21-11-13)20-14(2)4-5-17(24-20)25-8-6-16(7-9-25)23-18(26)12-22-27/h4-5,10-11,16H,6-9,12H2,1-3H3,(H,23,26). The lowest BCUT2D eigenvalue weighted by Gasteiger charge is -2.33. The number of hydrogen-bond acceptors (Lipinski definition) is 6. The molecule has 2 aromatic rings. The van der Waals surface area contributed by atoms with Crippen LogP contribution in [0.3, 0.4) is 0 Å². The number of pyridine rings is 2. The fourth-order valence-corrected chi connectivity index (χ4v) is 3.48. The van der Waals surface area contributed by atoms with E-state index in [0.29, 0.717) is 0 Å². The molecule has 1 aliphatic rings. The number of amides is 1. The van der Waals surface area contributed by atoms with E-state index < -0.39 is 0 Å². The largest absolute Gasteiger partial charge is 0.356 e. The second kappa shape index (κ2) is 8.24. The van der Waals surface area contributed by atoms with Gasteiger partial charge >= 0.3 is 0 Å². The first-order valence-electron chi connectivity index (χ1n) is 9.22. The smallest absolute Gasteiger partial charge is 0.245 e. The van der Waals surface area contributed by atoms with E-state index in [1.165, 1.54) is 0 Å². The molecular weight excluding hydrogens is 342 g/mol. The molecule has 3 rings (SSSR count). The van der Waals surface area contributed by atoms with Crippen molar-refractivity contribution in [1.82, 2.24) is 15.3 Å². The molecule has 1 saturated heterocycles. The highest BCUT2D eigenvalue weighted by Crippen LogP contribution is 2.27. The molecule has 0 aliphatic carbocycles. The third-order valence-electron chi connectivity index (χ3n) is 4.91. The predicted molar refractivity (Wildman–Crippen MR) is 106 cm³/mol. The highest BCUT2D eigenvalue weighted by Gasteiger charge is 2.22. The number of rotatable bonds is 5. The Hall–Kier alpha value is -2.83. The van der Waals surface area contributed by atoms with Crippen molar-refractivity contribution < 1.29 is 4.79 Å². The van der Waals surface area contributed by atoms with E-state index in [1.807, 2.05) is 19.2 Å². The molecule has 0 spiro atoms. The molecule has 7 nitrogen and oxygen atoms in total. The van der Waals surface area contributed by atoms with E-state index in [-0.39, 0.29) is 18.5 Å². The molecule has 1 aliphatic heterocycles. The van der Waals surface area contributed by atoms with E-state index in [0.717, 1.165) is 59.8 Å². The number of aromatic nitrogens is 2. The molecule has 2 aromatic heterocycles. The van der Waals surface area contributed by atoms with Gasteiger partial charge in [-0.2, -0.15) is 4.91 Å². The first kappa shape index (κ1) is 18.9. The summed E-state index contributed by atoms with van der Waals surface area (Å²) in [6.45, 7) is 7.44. The minimum atomic E-state index is -0.313. The first-order chi connectivity index (χ1) is 13.0. The Balaban J connectivity index is 1.73. The van der Waals surface area contributed by atoms with Crippen molar-refractivity contribution in [2.75, 3.05) is 24.5 Å². The summed E-state index contributed by atoms with van der Waals surface area (Å²) in [7, 11) is 0. The number of anilines is 1. The van der Waals surface area contributed by atoms with E-state index in [9.17, 15) is 9.70 Å². The van der Waals surface area contributed by atoms with Crippen LogP contribution in [0.2, 0.25) is 0 Å². The van der Waals surface area contributed by atoms with Crippen LogP contribution in [-0.2, 0) is 4.79 Å². The zero-order valence-electron chi connectivity index (χ0n) is 16.0. The Morgan fingerprint density at radius 1 is 1.19 bits per heavy atom. The summed E-state index contributed by atoms with van der Waals surface area (Å²) in [4.78, 5) is 33.4. The van der Waals surface area contributed by atoms with Crippen LogP contribution >= 0.6 is 0 Å². The summed E-state index contributed by atoms with van der Waals surface area (Å²) in [5.74, 6) is 0.622. The van der Waals surface area contributed by atoms with Crippen LogP contribution < -0.4 is 10.2 Å². The fraction of sp³-hybridized carbons (Fsp3) is 0.450. The maximum Gasteiger partial charge on any atom is 0.245 e. The number of carbonyl (C=O) groups excluding carboxylic acids is 1. The Morgan fingerprint density at radius 2 is 1.93 bits per heavy atom. The Kier molecular flexibility index (Phi) is 5.78. The topological polar surface area (TPSA) is 87.6 Å². The van der Waals surface area contributed by atoms with Crippen molar-refractivity contribution in [2.24, 2.45) is 5.18 Å². The highest BCUT2D eigenvalue weighted by molar-refractivity contribution is 5.78. The second-order valence-corrected chi connectivity index (χ2v) is 7.13. The van der Waals surface area contributed by atoms with Crippen molar-refractivity contribution >= 4 is 11.7 Å². The predicted octanol–water partition coefficient (Wildman–Crippen LogP) is 2.92. The van der Waals surface area contributed by atoms with Crippen molar-refractivity contribution in [3.63, 3.8) is 0 Å². The summed E-state index contributed by atoms with van der Waals surface area (Å²) < 4.78 is 0. The van der Waals surface area contributed by atoms with Crippen LogP contribution in [0, 0.1) is 25.7 Å². The molecule has 0 saturated carbocycles. The molecule has 3 heterocycles. The van der Waals surface area contributed by atoms with E-state index in [4.69, 9.17) is 4.98 Å². The molecule has 0 bridgehead atoms. The average Bonchev–Trinajstić information content (AvgIpc) is 2.63. The minimum Gasteiger partial charge on any atom is -0.356 e. The van der Waals surface area contributed by atoms with Crippen LogP contribution in [0.4, 0.5) is 5.82 Å². The normalized spacial score (nSPS) is 14.9. The van der Waals surface area contributed by atoms with Gasteiger partial charge in [0.25, 0.3) is 0 Å². The first-order valence-corrected chi connectivity index (χ1v) is 9.22. The van der Waals surface area contributed by atoms with Crippen LogP contribution in [-0.4, -0.2) is 41.6 Å². The number of hydrogen-bond donors (Lipinski definition) is 1. The molecule has 142 valence electrons. The van der Waals surface area contributed by atoms with Gasteiger partial charge in [0, 0.05) is 25.3 Å². The highest BCUT2D eigenvalue weighted by atomic mass is 16.3. The number of nitrogens with zero attached hydrogens (tertiary/aromatic N) is 4. The Labute approximate surface area is 159 Å². The number of carbonyl (C=O) groups is 1. The van der Waals surface area contributed by atoms with Crippen LogP contribution in [0.25, 0.3) is 11.4 Å². The molecule has 1 N–H and O–H groups in total. The molecule has 27 heavy (non-hydrogen) atoms. The van der Waals surface area contributed by atoms with Gasteiger partial charge in [0.15, 0.2) is 6.54 Å². The summed E-state index contributed by atoms with van der Waals surface area (Å²) in [5.41, 5.74) is 5.19. The van der Waals surface area contributed by atoms with E-state index >= 15 is 0 Å². The van der Waals surface area contributed by atoms with Gasteiger partial charge in [0.1, 0.15) is 5.82 Å². The molecule has 0 radical (unpaired) electrons. The molecule has 0 unspecified atom stereocenters. The lowest BCUT2D eigenvalue weighted by Crippen LogP contribution is -2.45. The summed E-state index contributed by atoms with van der Waals surface area (Å²) in [5, 5.41) is 5.50. The van der Waals surface area contributed by atoms with Crippen LogP contribution in [0.5, 0.6) is 0 Å². The Morgan fingerprint density at radius 3 is 2.59 bits per heavy atom. The molecule has 1 amide bonds. The second-order valence-electron chi connectivity index (χ2n) is 7.13. The third kappa shape index (κ3) is 4.48. The van der Waals surface area contributed by atoms with Crippen LogP contribution in [0.15, 0.2) is 29.6 Å². The van der Waals surface area contributed by atoms with E-state index in [2.05, 4.69) is 46.4 Å². The van der Waals surface area contributed by atoms with Gasteiger partial charge in [0.2, 0.25) is 5.91 Å². The zero-order chi connectivity index (χ0) is 19.4. The quantitative estimate of drug-likeness (QED) is 0.821. The van der Waals surface area contributed by atoms with Gasteiger partial charge in [-0.25, -0.2) is 4.98 Å². The van der Waals surface area contributed by atoms with Gasteiger partial charge < -0.3 is 10.2 Å². The number of piperidine rings is 1. The lowest BCUT2D eigenvalue weighted by atomic mass is 10.0. The maximum atomic E-state index is 11.5. The van der Waals surface area contributed by atoms with Crippen molar-refractivity contribution in [1.29, 1.82) is 0 Å². The van der Waals surface area contributed by atoms with Gasteiger partial charge in [0.05, 0.1) is 11.4 Å². The fourth-order valence-electron chi connectivity index (χ4n) is 3.48. The third-order valence-corrected chi connectivity index (χ3v) is 4.91. The van der Waals surface area contributed by atoms with Gasteiger partial charge in [-0.05, 0) is 56.4 Å². The lowest BCUT2D eigenvalue weighted by molar-refractivity contribution is -0.120. The SMILES string of the molecule is Cc1cnc(-c2nc(N3CCC(NC(=O)CN=O)CC3)ccc2C)c(C)c1. The summed E-state index contributed by atoms with van der Waals surface area (Å²) >= 11 is 0.